The first-order chi connectivity index (χ1) is 14.8. The summed E-state index contributed by atoms with van der Waals surface area (Å²) in [7, 11) is 1.30. The minimum Gasteiger partial charge on any atom is -0.493 e. The highest BCUT2D eigenvalue weighted by atomic mass is 19.3. The average molecular weight is 431 g/mol. The molecule has 1 atom stereocenters. The number of nitrogens with one attached hydrogen (secondary N) is 1. The molecule has 1 saturated carbocycles. The van der Waals surface area contributed by atoms with Crippen molar-refractivity contribution in [2.24, 2.45) is 0 Å². The molecule has 1 amide bonds. The number of carbonyl (C=O) groups excluding carboxylic acids is 2. The lowest BCUT2D eigenvalue weighted by Gasteiger charge is -2.29. The Labute approximate surface area is 176 Å². The van der Waals surface area contributed by atoms with Gasteiger partial charge in [-0.05, 0) is 42.7 Å². The molecule has 9 heteroatoms. The van der Waals surface area contributed by atoms with Crippen LogP contribution in [-0.2, 0) is 14.9 Å². The lowest BCUT2D eigenvalue weighted by atomic mass is 9.92. The Bertz CT molecular complexity index is 1080. The first-order valence-corrected chi connectivity index (χ1v) is 9.88. The van der Waals surface area contributed by atoms with Gasteiger partial charge in [0.15, 0.2) is 11.5 Å². The van der Waals surface area contributed by atoms with Crippen molar-refractivity contribution in [1.82, 2.24) is 5.32 Å². The Morgan fingerprint density at radius 2 is 1.84 bits per heavy atom. The topological polar surface area (TPSA) is 83.1 Å². The number of alkyl halides is 2. The van der Waals surface area contributed by atoms with Gasteiger partial charge in [0.25, 0.3) is 0 Å². The number of benzene rings is 2. The lowest BCUT2D eigenvalue weighted by molar-refractivity contribution is -0.286. The molecule has 1 unspecified atom stereocenters. The molecular weight excluding hydrogens is 412 g/mol. The smallest absolute Gasteiger partial charge is 0.493 e. The predicted molar refractivity (Wildman–Crippen MR) is 102 cm³/mol. The van der Waals surface area contributed by atoms with Crippen LogP contribution in [0.2, 0.25) is 0 Å². The maximum atomic E-state index is 13.3. The summed E-state index contributed by atoms with van der Waals surface area (Å²) in [6, 6.07) is 9.15. The molecule has 7 nitrogen and oxygen atoms in total. The second-order valence-electron chi connectivity index (χ2n) is 7.82. The molecule has 0 radical (unpaired) electrons. The van der Waals surface area contributed by atoms with E-state index in [1.54, 1.807) is 24.3 Å². The molecule has 162 valence electrons. The van der Waals surface area contributed by atoms with Crippen LogP contribution in [0.4, 0.5) is 8.78 Å². The van der Waals surface area contributed by atoms with Gasteiger partial charge in [-0.3, -0.25) is 4.79 Å². The van der Waals surface area contributed by atoms with E-state index in [1.165, 1.54) is 19.2 Å². The van der Waals surface area contributed by atoms with Crippen molar-refractivity contribution < 1.29 is 37.3 Å². The standard InChI is InChI=1S/C22H19F2NO6/c1-28-19(26)12-2-4-14-15(6-9-29-17(14)10-12)25-20(27)21(7-8-21)13-3-5-16-18(11-13)31-22(23,24)30-16/h2-5,10-11,15H,6-9H2,1H3,(H,25,27). The molecule has 1 aliphatic carbocycles. The lowest BCUT2D eigenvalue weighted by Crippen LogP contribution is -2.39. The van der Waals surface area contributed by atoms with E-state index in [0.29, 0.717) is 42.7 Å². The van der Waals surface area contributed by atoms with Gasteiger partial charge in [-0.2, -0.15) is 0 Å². The Balaban J connectivity index is 1.36. The summed E-state index contributed by atoms with van der Waals surface area (Å²) in [5.41, 5.74) is 0.955. The molecule has 2 heterocycles. The van der Waals surface area contributed by atoms with Crippen LogP contribution in [0.1, 0.15) is 46.8 Å². The SMILES string of the molecule is COC(=O)c1ccc2c(c1)OCCC2NC(=O)C1(c2ccc3c(c2)OC(F)(F)O3)CC1. The quantitative estimate of drug-likeness (QED) is 0.747. The molecule has 5 rings (SSSR count). The number of carbonyl (C=O) groups is 2. The fourth-order valence-corrected chi connectivity index (χ4v) is 4.10. The van der Waals surface area contributed by atoms with Gasteiger partial charge < -0.3 is 24.3 Å². The molecule has 2 aromatic carbocycles. The van der Waals surface area contributed by atoms with Crippen molar-refractivity contribution in [3.63, 3.8) is 0 Å². The summed E-state index contributed by atoms with van der Waals surface area (Å²) in [6.45, 7) is 0.384. The van der Waals surface area contributed by atoms with E-state index >= 15 is 0 Å². The number of hydrogen-bond acceptors (Lipinski definition) is 6. The van der Waals surface area contributed by atoms with Crippen LogP contribution in [0.5, 0.6) is 17.2 Å². The molecule has 0 saturated heterocycles. The third-order valence-electron chi connectivity index (χ3n) is 5.92. The molecule has 1 fully saturated rings. The van der Waals surface area contributed by atoms with Gasteiger partial charge in [0.05, 0.1) is 30.7 Å². The van der Waals surface area contributed by atoms with Crippen molar-refractivity contribution in [2.75, 3.05) is 13.7 Å². The largest absolute Gasteiger partial charge is 0.586 e. The van der Waals surface area contributed by atoms with E-state index < -0.39 is 17.7 Å². The summed E-state index contributed by atoms with van der Waals surface area (Å²) in [6.07, 6.45) is -1.92. The van der Waals surface area contributed by atoms with Crippen LogP contribution in [0.3, 0.4) is 0 Å². The number of rotatable bonds is 4. The number of fused-ring (bicyclic) bond motifs is 2. The first kappa shape index (κ1) is 19.6. The normalized spacial score (nSPS) is 21.5. The molecule has 0 aromatic heterocycles. The average Bonchev–Trinajstić information content (AvgIpc) is 3.50. The molecule has 0 bridgehead atoms. The van der Waals surface area contributed by atoms with E-state index in [-0.39, 0.29) is 23.4 Å². The zero-order valence-corrected chi connectivity index (χ0v) is 16.6. The number of amides is 1. The van der Waals surface area contributed by atoms with Crippen LogP contribution in [-0.4, -0.2) is 31.9 Å². The van der Waals surface area contributed by atoms with E-state index in [1.807, 2.05) is 0 Å². The zero-order valence-electron chi connectivity index (χ0n) is 16.6. The monoisotopic (exact) mass is 431 g/mol. The number of methoxy groups -OCH3 is 1. The Morgan fingerprint density at radius 1 is 1.06 bits per heavy atom. The molecule has 3 aliphatic rings. The second kappa shape index (κ2) is 6.83. The van der Waals surface area contributed by atoms with Crippen LogP contribution >= 0.6 is 0 Å². The van der Waals surface area contributed by atoms with Crippen LogP contribution < -0.4 is 19.5 Å². The fourth-order valence-electron chi connectivity index (χ4n) is 4.10. The molecule has 1 N–H and O–H groups in total. The maximum absolute atomic E-state index is 13.3. The van der Waals surface area contributed by atoms with Crippen molar-refractivity contribution in [3.05, 3.63) is 53.1 Å². The summed E-state index contributed by atoms with van der Waals surface area (Å²) < 4.78 is 46.0. The van der Waals surface area contributed by atoms with Crippen LogP contribution in [0, 0.1) is 0 Å². The fraction of sp³-hybridized carbons (Fsp3) is 0.364. The summed E-state index contributed by atoms with van der Waals surface area (Å²) in [4.78, 5) is 25.0. The minimum atomic E-state index is -3.70. The summed E-state index contributed by atoms with van der Waals surface area (Å²) >= 11 is 0. The van der Waals surface area contributed by atoms with Crippen molar-refractivity contribution in [2.45, 2.75) is 37.0 Å². The Kier molecular flexibility index (Phi) is 4.32. The Hall–Kier alpha value is -3.36. The zero-order chi connectivity index (χ0) is 21.8. The van der Waals surface area contributed by atoms with E-state index in [0.717, 1.165) is 5.56 Å². The number of ether oxygens (including phenoxy) is 4. The highest BCUT2D eigenvalue weighted by molar-refractivity contribution is 5.92. The maximum Gasteiger partial charge on any atom is 0.586 e. The third-order valence-corrected chi connectivity index (χ3v) is 5.92. The first-order valence-electron chi connectivity index (χ1n) is 9.88. The van der Waals surface area contributed by atoms with Gasteiger partial charge in [-0.15, -0.1) is 8.78 Å². The predicted octanol–water partition coefficient (Wildman–Crippen LogP) is 3.47. The highest BCUT2D eigenvalue weighted by Crippen LogP contribution is 2.52. The van der Waals surface area contributed by atoms with E-state index in [4.69, 9.17) is 9.47 Å². The van der Waals surface area contributed by atoms with Gasteiger partial charge in [-0.1, -0.05) is 12.1 Å². The van der Waals surface area contributed by atoms with E-state index in [2.05, 4.69) is 14.8 Å². The molecule has 0 spiro atoms. The van der Waals surface area contributed by atoms with Crippen molar-refractivity contribution in [3.8, 4) is 17.2 Å². The molecule has 31 heavy (non-hydrogen) atoms. The molecular formula is C22H19F2NO6. The number of hydrogen-bond donors (Lipinski definition) is 1. The number of esters is 1. The summed E-state index contributed by atoms with van der Waals surface area (Å²) in [5.74, 6) is -0.261. The van der Waals surface area contributed by atoms with Gasteiger partial charge in [0.2, 0.25) is 5.91 Å². The third kappa shape index (κ3) is 3.34. The second-order valence-corrected chi connectivity index (χ2v) is 7.82. The van der Waals surface area contributed by atoms with E-state index in [9.17, 15) is 18.4 Å². The van der Waals surface area contributed by atoms with Gasteiger partial charge >= 0.3 is 12.3 Å². The van der Waals surface area contributed by atoms with Gasteiger partial charge in [0.1, 0.15) is 5.75 Å². The van der Waals surface area contributed by atoms with Crippen LogP contribution in [0.25, 0.3) is 0 Å². The molecule has 2 aromatic rings. The van der Waals surface area contributed by atoms with Crippen molar-refractivity contribution >= 4 is 11.9 Å². The molecule has 2 aliphatic heterocycles. The highest BCUT2D eigenvalue weighted by Gasteiger charge is 2.53. The van der Waals surface area contributed by atoms with Gasteiger partial charge in [-0.25, -0.2) is 4.79 Å². The number of halogens is 2. The van der Waals surface area contributed by atoms with Gasteiger partial charge in [0, 0.05) is 12.0 Å². The Morgan fingerprint density at radius 3 is 2.58 bits per heavy atom. The van der Waals surface area contributed by atoms with Crippen molar-refractivity contribution in [1.29, 1.82) is 0 Å². The minimum absolute atomic E-state index is 0.0512. The summed E-state index contributed by atoms with van der Waals surface area (Å²) in [5, 5.41) is 3.07. The van der Waals surface area contributed by atoms with Crippen LogP contribution in [0.15, 0.2) is 36.4 Å².